The molecule has 4 N–H and O–H groups in total. The minimum Gasteiger partial charge on any atom is -0.478 e. The Morgan fingerprint density at radius 2 is 0.821 bits per heavy atom. The lowest BCUT2D eigenvalue weighted by molar-refractivity contribution is 0.0651. The molecule has 0 bridgehead atoms. The van der Waals surface area contributed by atoms with E-state index in [0.29, 0.717) is 35.1 Å². The van der Waals surface area contributed by atoms with Crippen LogP contribution in [0.15, 0.2) is 24.3 Å². The molecular weight excluding hydrogens is 368 g/mol. The highest BCUT2D eigenvalue weighted by atomic mass is 16.4. The maximum Gasteiger partial charge on any atom is 0.336 e. The number of hydrogen-bond donors (Lipinski definition) is 4. The summed E-state index contributed by atoms with van der Waals surface area (Å²) in [6.45, 7) is 3.50. The normalized spacial score (nSPS) is 10.5. The molecule has 0 radical (unpaired) electrons. The van der Waals surface area contributed by atoms with Crippen LogP contribution in [-0.2, 0) is 12.8 Å². The summed E-state index contributed by atoms with van der Waals surface area (Å²) in [5.74, 6) is -5.64. The summed E-state index contributed by atoms with van der Waals surface area (Å²) in [6, 6.07) is 4.91. The van der Waals surface area contributed by atoms with Crippen LogP contribution in [0.2, 0.25) is 0 Å². The molecule has 0 saturated heterocycles. The van der Waals surface area contributed by atoms with E-state index in [1.807, 2.05) is 0 Å². The Morgan fingerprint density at radius 1 is 0.571 bits per heavy atom. The molecule has 2 aromatic rings. The van der Waals surface area contributed by atoms with Gasteiger partial charge in [0.15, 0.2) is 0 Å². The van der Waals surface area contributed by atoms with Gasteiger partial charge in [0.2, 0.25) is 0 Å². The molecule has 2 aromatic carbocycles. The van der Waals surface area contributed by atoms with Gasteiger partial charge in [-0.2, -0.15) is 0 Å². The van der Waals surface area contributed by atoms with Crippen LogP contribution in [0, 0.1) is 0 Å². The van der Waals surface area contributed by atoms with Crippen LogP contribution in [0.4, 0.5) is 0 Å². The van der Waals surface area contributed by atoms with Crippen molar-refractivity contribution in [2.75, 3.05) is 0 Å². The van der Waals surface area contributed by atoms with Crippen molar-refractivity contribution in [3.63, 3.8) is 0 Å². The summed E-state index contributed by atoms with van der Waals surface area (Å²) < 4.78 is 0. The molecule has 0 unspecified atom stereocenters. The first-order chi connectivity index (χ1) is 13.1. The molecule has 0 fully saturated rings. The Labute approximate surface area is 159 Å². The van der Waals surface area contributed by atoms with Crippen molar-refractivity contribution in [1.29, 1.82) is 0 Å². The van der Waals surface area contributed by atoms with E-state index < -0.39 is 35.0 Å². The van der Waals surface area contributed by atoms with Crippen LogP contribution in [-0.4, -0.2) is 44.3 Å². The number of benzene rings is 2. The third-order valence-corrected chi connectivity index (χ3v) is 4.46. The van der Waals surface area contributed by atoms with E-state index in [2.05, 4.69) is 0 Å². The smallest absolute Gasteiger partial charge is 0.336 e. The van der Waals surface area contributed by atoms with Crippen molar-refractivity contribution >= 4 is 23.9 Å². The SMILES string of the molecule is CCc1cc(C(=O)O)c(C(=O)O)cc1-c1cc(C(=O)O)c(C(=O)O)cc1CC. The first-order valence-electron chi connectivity index (χ1n) is 8.39. The van der Waals surface area contributed by atoms with E-state index >= 15 is 0 Å². The van der Waals surface area contributed by atoms with Crippen LogP contribution in [0.3, 0.4) is 0 Å². The van der Waals surface area contributed by atoms with Gasteiger partial charge in [-0.15, -0.1) is 0 Å². The summed E-state index contributed by atoms with van der Waals surface area (Å²) in [6.07, 6.45) is 0.726. The Hall–Kier alpha value is -3.68. The standard InChI is InChI=1S/C20H18O8/c1-3-9-5-13(17(21)22)15(19(25)26)7-11(9)12-8-16(20(27)28)14(18(23)24)6-10(12)4-2/h5-8H,3-4H2,1-2H3,(H,21,22)(H,23,24)(H,25,26)(H,27,28). The predicted octanol–water partition coefficient (Wildman–Crippen LogP) is 3.27. The second kappa shape index (κ2) is 7.91. The molecule has 0 aliphatic rings. The van der Waals surface area contributed by atoms with E-state index in [0.717, 1.165) is 0 Å². The number of carbonyl (C=O) groups is 4. The van der Waals surface area contributed by atoms with Crippen LogP contribution in [0.1, 0.15) is 66.4 Å². The van der Waals surface area contributed by atoms with Gasteiger partial charge in [-0.05, 0) is 59.4 Å². The zero-order valence-corrected chi connectivity index (χ0v) is 15.1. The molecule has 0 aliphatic heterocycles. The largest absolute Gasteiger partial charge is 0.478 e. The topological polar surface area (TPSA) is 149 Å². The minimum atomic E-state index is -1.43. The zero-order valence-electron chi connectivity index (χ0n) is 15.1. The number of rotatable bonds is 7. The fourth-order valence-corrected chi connectivity index (χ4v) is 3.08. The van der Waals surface area contributed by atoms with Gasteiger partial charge in [0, 0.05) is 0 Å². The first kappa shape index (κ1) is 20.6. The quantitative estimate of drug-likeness (QED) is 0.566. The van der Waals surface area contributed by atoms with Gasteiger partial charge in [-0.25, -0.2) is 19.2 Å². The molecule has 146 valence electrons. The van der Waals surface area contributed by atoms with Crippen molar-refractivity contribution in [2.24, 2.45) is 0 Å². The highest BCUT2D eigenvalue weighted by Gasteiger charge is 2.24. The summed E-state index contributed by atoms with van der Waals surface area (Å²) in [5, 5.41) is 37.4. The molecule has 0 aromatic heterocycles. The zero-order chi connectivity index (χ0) is 21.2. The summed E-state index contributed by atoms with van der Waals surface area (Å²) >= 11 is 0. The van der Waals surface area contributed by atoms with Crippen molar-refractivity contribution in [2.45, 2.75) is 26.7 Å². The first-order valence-corrected chi connectivity index (χ1v) is 8.39. The van der Waals surface area contributed by atoms with Crippen molar-refractivity contribution in [3.05, 3.63) is 57.6 Å². The maximum atomic E-state index is 11.5. The van der Waals surface area contributed by atoms with Crippen LogP contribution in [0.25, 0.3) is 11.1 Å². The molecule has 8 nitrogen and oxygen atoms in total. The number of aryl methyl sites for hydroxylation is 2. The van der Waals surface area contributed by atoms with Gasteiger partial charge in [0.1, 0.15) is 0 Å². The highest BCUT2D eigenvalue weighted by molar-refractivity contribution is 6.05. The van der Waals surface area contributed by atoms with Crippen molar-refractivity contribution < 1.29 is 39.6 Å². The lowest BCUT2D eigenvalue weighted by Gasteiger charge is -2.17. The molecule has 0 spiro atoms. The summed E-state index contributed by atoms with van der Waals surface area (Å²) in [4.78, 5) is 45.9. The van der Waals surface area contributed by atoms with Crippen LogP contribution >= 0.6 is 0 Å². The number of hydrogen-bond acceptors (Lipinski definition) is 4. The number of carboxylic acids is 4. The minimum absolute atomic E-state index is 0.362. The lowest BCUT2D eigenvalue weighted by atomic mass is 9.87. The van der Waals surface area contributed by atoms with Gasteiger partial charge in [-0.3, -0.25) is 0 Å². The molecule has 28 heavy (non-hydrogen) atoms. The van der Waals surface area contributed by atoms with Crippen LogP contribution in [0.5, 0.6) is 0 Å². The highest BCUT2D eigenvalue weighted by Crippen LogP contribution is 2.33. The Balaban J connectivity index is 2.93. The molecule has 0 saturated carbocycles. The molecule has 2 rings (SSSR count). The predicted molar refractivity (Wildman–Crippen MR) is 98.5 cm³/mol. The van der Waals surface area contributed by atoms with Gasteiger partial charge in [-0.1, -0.05) is 13.8 Å². The van der Waals surface area contributed by atoms with E-state index in [1.165, 1.54) is 24.3 Å². The molecular formula is C20H18O8. The lowest BCUT2D eigenvalue weighted by Crippen LogP contribution is -2.12. The fraction of sp³-hybridized carbons (Fsp3) is 0.200. The Morgan fingerprint density at radius 3 is 1.04 bits per heavy atom. The molecule has 0 heterocycles. The second-order valence-corrected chi connectivity index (χ2v) is 6.04. The summed E-state index contributed by atoms with van der Waals surface area (Å²) in [5.41, 5.74) is 0.149. The molecule has 0 amide bonds. The van der Waals surface area contributed by atoms with E-state index in [1.54, 1.807) is 13.8 Å². The van der Waals surface area contributed by atoms with Gasteiger partial charge >= 0.3 is 23.9 Å². The average molecular weight is 386 g/mol. The van der Waals surface area contributed by atoms with Gasteiger partial charge < -0.3 is 20.4 Å². The average Bonchev–Trinajstić information content (AvgIpc) is 2.65. The van der Waals surface area contributed by atoms with Crippen LogP contribution < -0.4 is 0 Å². The summed E-state index contributed by atoms with van der Waals surface area (Å²) in [7, 11) is 0. The van der Waals surface area contributed by atoms with E-state index in [4.69, 9.17) is 0 Å². The van der Waals surface area contributed by atoms with Crippen molar-refractivity contribution in [3.8, 4) is 11.1 Å². The van der Waals surface area contributed by atoms with Crippen molar-refractivity contribution in [1.82, 2.24) is 0 Å². The van der Waals surface area contributed by atoms with Gasteiger partial charge in [0.25, 0.3) is 0 Å². The number of aromatic carboxylic acids is 4. The Bertz CT molecular complexity index is 922. The maximum absolute atomic E-state index is 11.5. The second-order valence-electron chi connectivity index (χ2n) is 6.04. The van der Waals surface area contributed by atoms with E-state index in [9.17, 15) is 39.6 Å². The fourth-order valence-electron chi connectivity index (χ4n) is 3.08. The monoisotopic (exact) mass is 386 g/mol. The Kier molecular flexibility index (Phi) is 5.83. The molecule has 8 heteroatoms. The number of carboxylic acid groups (broad SMARTS) is 4. The molecule has 0 aliphatic carbocycles. The van der Waals surface area contributed by atoms with E-state index in [-0.39, 0.29) is 11.1 Å². The third-order valence-electron chi connectivity index (χ3n) is 4.46. The third kappa shape index (κ3) is 3.71. The molecule has 0 atom stereocenters. The van der Waals surface area contributed by atoms with Gasteiger partial charge in [0.05, 0.1) is 22.3 Å².